The second-order valence-electron chi connectivity index (χ2n) is 3.72. The van der Waals surface area contributed by atoms with Gasteiger partial charge in [0.2, 0.25) is 0 Å². The molecule has 0 spiro atoms. The molecule has 5 nitrogen and oxygen atoms in total. The predicted molar refractivity (Wildman–Crippen MR) is 64.2 cm³/mol. The summed E-state index contributed by atoms with van der Waals surface area (Å²) in [5.74, 6) is -0.730. The molecule has 88 valence electrons. The lowest BCUT2D eigenvalue weighted by molar-refractivity contribution is 0.0690. The normalized spacial score (nSPS) is 10.7. The second kappa shape index (κ2) is 3.96. The number of para-hydroxylation sites is 1. The highest BCUT2D eigenvalue weighted by Gasteiger charge is 2.12. The Morgan fingerprint density at radius 2 is 2.06 bits per heavy atom. The minimum atomic E-state index is -1.08. The smallest absolute Gasteiger partial charge is 0.354 e. The number of carbonyl (C=O) groups is 1. The monoisotopic (exact) mass is 240 g/mol. The molecule has 0 saturated heterocycles. The summed E-state index contributed by atoms with van der Waals surface area (Å²) in [5, 5.41) is 9.77. The van der Waals surface area contributed by atoms with Gasteiger partial charge in [0.1, 0.15) is 11.8 Å². The molecule has 18 heavy (non-hydrogen) atoms. The summed E-state index contributed by atoms with van der Waals surface area (Å²) in [7, 11) is 0. The van der Waals surface area contributed by atoms with Gasteiger partial charge >= 0.3 is 5.97 Å². The first kappa shape index (κ1) is 10.5. The molecule has 0 bridgehead atoms. The van der Waals surface area contributed by atoms with Crippen LogP contribution >= 0.6 is 0 Å². The average molecular weight is 240 g/mol. The Balaban J connectivity index is 2.20. The lowest BCUT2D eigenvalue weighted by Crippen LogP contribution is -2.01. The van der Waals surface area contributed by atoms with Crippen LogP contribution in [0.5, 0.6) is 0 Å². The Hall–Kier alpha value is -2.69. The lowest BCUT2D eigenvalue weighted by atomic mass is 10.1. The van der Waals surface area contributed by atoms with Gasteiger partial charge in [0.05, 0.1) is 5.56 Å². The van der Waals surface area contributed by atoms with Crippen molar-refractivity contribution in [2.45, 2.75) is 0 Å². The molecule has 2 heterocycles. The fraction of sp³-hybridized carbons (Fsp3) is 0. The van der Waals surface area contributed by atoms with Gasteiger partial charge in [0, 0.05) is 11.6 Å². The summed E-state index contributed by atoms with van der Waals surface area (Å²) in [6.45, 7) is 0. The van der Waals surface area contributed by atoms with E-state index >= 15 is 0 Å². The number of aromatic nitrogens is 2. The molecule has 0 unspecified atom stereocenters. The van der Waals surface area contributed by atoms with E-state index in [1.54, 1.807) is 0 Å². The number of hydrogen-bond acceptors (Lipinski definition) is 4. The maximum absolute atomic E-state index is 10.9. The van der Waals surface area contributed by atoms with Crippen LogP contribution in [0.2, 0.25) is 0 Å². The van der Waals surface area contributed by atoms with Crippen LogP contribution in [0.3, 0.4) is 0 Å². The molecule has 0 amide bonds. The number of benzene rings is 1. The van der Waals surface area contributed by atoms with Crippen molar-refractivity contribution in [1.82, 2.24) is 9.97 Å². The van der Waals surface area contributed by atoms with Gasteiger partial charge in [0.25, 0.3) is 0 Å². The molecule has 0 saturated carbocycles. The van der Waals surface area contributed by atoms with Gasteiger partial charge in [-0.15, -0.1) is 0 Å². The Kier molecular flexibility index (Phi) is 2.30. The van der Waals surface area contributed by atoms with Crippen LogP contribution in [-0.4, -0.2) is 21.0 Å². The number of fused-ring (bicyclic) bond motifs is 1. The fourth-order valence-corrected chi connectivity index (χ4v) is 1.76. The van der Waals surface area contributed by atoms with Gasteiger partial charge in [-0.05, 0) is 12.1 Å². The van der Waals surface area contributed by atoms with Crippen molar-refractivity contribution in [1.29, 1.82) is 0 Å². The minimum Gasteiger partial charge on any atom is -0.477 e. The molecule has 2 aromatic heterocycles. The van der Waals surface area contributed by atoms with Crippen molar-refractivity contribution in [3.05, 3.63) is 48.5 Å². The van der Waals surface area contributed by atoms with Gasteiger partial charge in [-0.25, -0.2) is 14.8 Å². The SMILES string of the molecule is O=C(O)c1ccnc(-c2coc3ccccc23)n1. The highest BCUT2D eigenvalue weighted by molar-refractivity contribution is 5.92. The molecular weight excluding hydrogens is 232 g/mol. The number of hydrogen-bond donors (Lipinski definition) is 1. The Morgan fingerprint density at radius 1 is 1.22 bits per heavy atom. The standard InChI is InChI=1S/C13H8N2O3/c16-13(17)10-5-6-14-12(15-10)9-7-18-11-4-2-1-3-8(9)11/h1-7H,(H,16,17). The summed E-state index contributed by atoms with van der Waals surface area (Å²) >= 11 is 0. The first-order valence-corrected chi connectivity index (χ1v) is 5.28. The molecule has 0 aliphatic heterocycles. The van der Waals surface area contributed by atoms with Crippen molar-refractivity contribution >= 4 is 16.9 Å². The number of carboxylic acids is 1. The summed E-state index contributed by atoms with van der Waals surface area (Å²) in [4.78, 5) is 18.9. The zero-order valence-corrected chi connectivity index (χ0v) is 9.20. The van der Waals surface area contributed by atoms with Crippen molar-refractivity contribution in [2.75, 3.05) is 0 Å². The maximum Gasteiger partial charge on any atom is 0.354 e. The summed E-state index contributed by atoms with van der Waals surface area (Å²) in [6, 6.07) is 8.81. The van der Waals surface area contributed by atoms with Gasteiger partial charge in [-0.2, -0.15) is 0 Å². The first-order chi connectivity index (χ1) is 8.75. The quantitative estimate of drug-likeness (QED) is 0.745. The van der Waals surface area contributed by atoms with Crippen molar-refractivity contribution < 1.29 is 14.3 Å². The van der Waals surface area contributed by atoms with Crippen LogP contribution in [0.4, 0.5) is 0 Å². The van der Waals surface area contributed by atoms with Crippen LogP contribution in [0, 0.1) is 0 Å². The third-order valence-corrected chi connectivity index (χ3v) is 2.60. The first-order valence-electron chi connectivity index (χ1n) is 5.28. The predicted octanol–water partition coefficient (Wildman–Crippen LogP) is 2.59. The molecule has 3 aromatic rings. The molecule has 0 fully saturated rings. The summed E-state index contributed by atoms with van der Waals surface area (Å²) in [6.07, 6.45) is 2.96. The molecule has 1 aromatic carbocycles. The summed E-state index contributed by atoms with van der Waals surface area (Å²) < 4.78 is 5.38. The Bertz CT molecular complexity index is 734. The van der Waals surface area contributed by atoms with Crippen molar-refractivity contribution in [3.63, 3.8) is 0 Å². The van der Waals surface area contributed by atoms with E-state index in [2.05, 4.69) is 9.97 Å². The van der Waals surface area contributed by atoms with Crippen LogP contribution in [0.15, 0.2) is 47.2 Å². The number of aromatic carboxylic acids is 1. The molecule has 1 N–H and O–H groups in total. The van der Waals surface area contributed by atoms with Crippen LogP contribution in [-0.2, 0) is 0 Å². The third kappa shape index (κ3) is 1.62. The maximum atomic E-state index is 10.9. The topological polar surface area (TPSA) is 76.2 Å². The highest BCUT2D eigenvalue weighted by Crippen LogP contribution is 2.27. The molecular formula is C13H8N2O3. The number of furan rings is 1. The van der Waals surface area contributed by atoms with Crippen LogP contribution in [0.1, 0.15) is 10.5 Å². The molecule has 0 aliphatic rings. The zero-order valence-electron chi connectivity index (χ0n) is 9.20. The molecule has 5 heteroatoms. The lowest BCUT2D eigenvalue weighted by Gasteiger charge is -1.98. The fourth-order valence-electron chi connectivity index (χ4n) is 1.76. The number of nitrogens with zero attached hydrogens (tertiary/aromatic N) is 2. The minimum absolute atomic E-state index is 0.0368. The largest absolute Gasteiger partial charge is 0.477 e. The average Bonchev–Trinajstić information content (AvgIpc) is 2.82. The van der Waals surface area contributed by atoms with E-state index in [-0.39, 0.29) is 5.69 Å². The van der Waals surface area contributed by atoms with Crippen molar-refractivity contribution in [2.24, 2.45) is 0 Å². The second-order valence-corrected chi connectivity index (χ2v) is 3.72. The van der Waals surface area contributed by atoms with Gasteiger partial charge in [-0.3, -0.25) is 0 Å². The van der Waals surface area contributed by atoms with Gasteiger partial charge in [-0.1, -0.05) is 18.2 Å². The molecule has 3 rings (SSSR count). The zero-order chi connectivity index (χ0) is 12.5. The number of rotatable bonds is 2. The van der Waals surface area contributed by atoms with Crippen LogP contribution in [0.25, 0.3) is 22.4 Å². The van der Waals surface area contributed by atoms with E-state index in [1.807, 2.05) is 24.3 Å². The van der Waals surface area contributed by atoms with Crippen LogP contribution < -0.4 is 0 Å². The van der Waals surface area contributed by atoms with Gasteiger partial charge < -0.3 is 9.52 Å². The van der Waals surface area contributed by atoms with Gasteiger partial charge in [0.15, 0.2) is 11.5 Å². The van der Waals surface area contributed by atoms with E-state index in [1.165, 1.54) is 18.5 Å². The highest BCUT2D eigenvalue weighted by atomic mass is 16.4. The van der Waals surface area contributed by atoms with E-state index in [9.17, 15) is 4.79 Å². The molecule has 0 radical (unpaired) electrons. The van der Waals surface area contributed by atoms with E-state index in [0.29, 0.717) is 11.4 Å². The molecule has 0 aliphatic carbocycles. The van der Waals surface area contributed by atoms with E-state index < -0.39 is 5.97 Å². The van der Waals surface area contributed by atoms with E-state index in [0.717, 1.165) is 11.0 Å². The number of carboxylic acid groups (broad SMARTS) is 1. The summed E-state index contributed by atoms with van der Waals surface area (Å²) in [5.41, 5.74) is 1.37. The third-order valence-electron chi connectivity index (χ3n) is 2.60. The Labute approximate surface area is 102 Å². The molecule has 0 atom stereocenters. The Morgan fingerprint density at radius 3 is 2.89 bits per heavy atom. The van der Waals surface area contributed by atoms with Crippen molar-refractivity contribution in [3.8, 4) is 11.4 Å². The van der Waals surface area contributed by atoms with E-state index in [4.69, 9.17) is 9.52 Å².